The fourth-order valence-corrected chi connectivity index (χ4v) is 4.33. The predicted molar refractivity (Wildman–Crippen MR) is 120 cm³/mol. The average Bonchev–Trinajstić information content (AvgIpc) is 2.92. The first-order valence-electron chi connectivity index (χ1n) is 10.8. The molecule has 8 heteroatoms. The Morgan fingerprint density at radius 1 is 1.17 bits per heavy atom. The Kier molecular flexibility index (Phi) is 8.01. The molecular formula is C22H33N5O2S. The van der Waals surface area contributed by atoms with Crippen LogP contribution in [0.1, 0.15) is 76.6 Å². The molecule has 0 unspecified atom stereocenters. The van der Waals surface area contributed by atoms with Crippen molar-refractivity contribution >= 4 is 17.7 Å². The minimum atomic E-state index is -0.294. The van der Waals surface area contributed by atoms with Crippen LogP contribution in [0.2, 0.25) is 0 Å². The fraction of sp³-hybridized carbons (Fsp3) is 0.591. The molecule has 0 aliphatic heterocycles. The Morgan fingerprint density at radius 3 is 2.47 bits per heavy atom. The average molecular weight is 432 g/mol. The van der Waals surface area contributed by atoms with Gasteiger partial charge >= 0.3 is 0 Å². The van der Waals surface area contributed by atoms with E-state index in [9.17, 15) is 4.79 Å². The van der Waals surface area contributed by atoms with Crippen molar-refractivity contribution in [1.82, 2.24) is 20.2 Å². The molecule has 1 aliphatic carbocycles. The molecule has 1 fully saturated rings. The third kappa shape index (κ3) is 6.14. The number of nitrogens with one attached hydrogen (secondary N) is 1. The summed E-state index contributed by atoms with van der Waals surface area (Å²) in [6.45, 7) is 6.40. The monoisotopic (exact) mass is 431 g/mol. The topological polar surface area (TPSA) is 95.1 Å². The molecule has 1 amide bonds. The highest BCUT2D eigenvalue weighted by Crippen LogP contribution is 2.23. The molecule has 1 atom stereocenters. The summed E-state index contributed by atoms with van der Waals surface area (Å²) in [5.74, 6) is 7.92. The Bertz CT molecular complexity index is 813. The Labute approximate surface area is 183 Å². The fourth-order valence-electron chi connectivity index (χ4n) is 3.54. The van der Waals surface area contributed by atoms with Gasteiger partial charge in [0.2, 0.25) is 11.1 Å². The summed E-state index contributed by atoms with van der Waals surface area (Å²) in [4.78, 5) is 12.6. The molecule has 3 rings (SSSR count). The molecule has 0 saturated heterocycles. The number of thioether (sulfide) groups is 1. The number of rotatable bonds is 8. The van der Waals surface area contributed by atoms with Crippen molar-refractivity contribution in [2.45, 2.75) is 88.3 Å². The molecule has 1 aliphatic rings. The Hall–Kier alpha value is -2.22. The van der Waals surface area contributed by atoms with Crippen molar-refractivity contribution in [1.29, 1.82) is 0 Å². The minimum absolute atomic E-state index is 0.0259. The number of hydrogen-bond acceptors (Lipinski definition) is 6. The van der Waals surface area contributed by atoms with E-state index in [0.29, 0.717) is 16.9 Å². The third-order valence-electron chi connectivity index (χ3n) is 5.50. The zero-order valence-electron chi connectivity index (χ0n) is 18.1. The lowest BCUT2D eigenvalue weighted by Crippen LogP contribution is -2.39. The predicted octanol–water partition coefficient (Wildman–Crippen LogP) is 4.01. The molecule has 30 heavy (non-hydrogen) atoms. The molecule has 1 heterocycles. The van der Waals surface area contributed by atoms with Gasteiger partial charge in [-0.2, -0.15) is 0 Å². The number of nitrogens with zero attached hydrogens (tertiary/aromatic N) is 3. The van der Waals surface area contributed by atoms with Crippen LogP contribution in [0.25, 0.3) is 0 Å². The van der Waals surface area contributed by atoms with E-state index in [1.807, 2.05) is 19.1 Å². The maximum atomic E-state index is 12.6. The maximum absolute atomic E-state index is 12.6. The van der Waals surface area contributed by atoms with Crippen LogP contribution in [0.15, 0.2) is 29.4 Å². The zero-order valence-corrected chi connectivity index (χ0v) is 19.0. The molecule has 3 N–H and O–H groups in total. The van der Waals surface area contributed by atoms with Gasteiger partial charge < -0.3 is 15.9 Å². The molecule has 1 aromatic heterocycles. The number of ether oxygens (including phenoxy) is 1. The smallest absolute Gasteiger partial charge is 0.233 e. The number of nitrogen functional groups attached to an aromatic ring is 1. The summed E-state index contributed by atoms with van der Waals surface area (Å²) in [6.07, 6.45) is 7.03. The second-order valence-corrected chi connectivity index (χ2v) is 9.55. The van der Waals surface area contributed by atoms with Crippen LogP contribution in [0.3, 0.4) is 0 Å². The summed E-state index contributed by atoms with van der Waals surface area (Å²) in [5, 5.41) is 11.7. The standard InChI is InChI=1S/C22H33N5O2S/c1-15(2)17-10-12-19(13-11-17)29-14-20-25-26-22(27(20)23)30-16(3)21(28)24-18-8-6-4-5-7-9-18/h10-13,15-16,18H,4-9,14,23H2,1-3H3,(H,24,28)/t16-/m1/s1. The van der Waals surface area contributed by atoms with Crippen molar-refractivity contribution in [3.05, 3.63) is 35.7 Å². The normalized spacial score (nSPS) is 16.3. The van der Waals surface area contributed by atoms with E-state index in [2.05, 4.69) is 41.5 Å². The lowest BCUT2D eigenvalue weighted by molar-refractivity contribution is -0.121. The van der Waals surface area contributed by atoms with Gasteiger partial charge in [-0.25, -0.2) is 4.68 Å². The van der Waals surface area contributed by atoms with E-state index < -0.39 is 0 Å². The summed E-state index contributed by atoms with van der Waals surface area (Å²) in [5.41, 5.74) is 1.26. The molecule has 0 spiro atoms. The van der Waals surface area contributed by atoms with Gasteiger partial charge in [0.05, 0.1) is 5.25 Å². The van der Waals surface area contributed by atoms with Crippen LogP contribution in [-0.4, -0.2) is 32.1 Å². The van der Waals surface area contributed by atoms with Crippen molar-refractivity contribution in [3.8, 4) is 5.75 Å². The SMILES string of the molecule is CC(C)c1ccc(OCc2nnc(S[C@H](C)C(=O)NC3CCCCCC3)n2N)cc1. The highest BCUT2D eigenvalue weighted by Gasteiger charge is 2.22. The van der Waals surface area contributed by atoms with Crippen molar-refractivity contribution in [3.63, 3.8) is 0 Å². The van der Waals surface area contributed by atoms with Gasteiger partial charge in [0.25, 0.3) is 0 Å². The summed E-state index contributed by atoms with van der Waals surface area (Å²) < 4.78 is 7.20. The first-order valence-corrected chi connectivity index (χ1v) is 11.7. The van der Waals surface area contributed by atoms with Crippen LogP contribution >= 0.6 is 11.8 Å². The quantitative estimate of drug-likeness (QED) is 0.372. The van der Waals surface area contributed by atoms with E-state index in [1.165, 1.54) is 47.7 Å². The van der Waals surface area contributed by atoms with Gasteiger partial charge in [-0.1, -0.05) is 63.4 Å². The van der Waals surface area contributed by atoms with Crippen molar-refractivity contribution in [2.24, 2.45) is 0 Å². The third-order valence-corrected chi connectivity index (χ3v) is 6.56. The summed E-state index contributed by atoms with van der Waals surface area (Å²) >= 11 is 1.32. The number of amides is 1. The van der Waals surface area contributed by atoms with Crippen LogP contribution < -0.4 is 15.9 Å². The molecule has 0 bridgehead atoms. The maximum Gasteiger partial charge on any atom is 0.233 e. The number of aromatic nitrogens is 3. The number of hydrogen-bond donors (Lipinski definition) is 2. The highest BCUT2D eigenvalue weighted by molar-refractivity contribution is 8.00. The molecule has 1 aromatic carbocycles. The first kappa shape index (κ1) is 22.5. The lowest BCUT2D eigenvalue weighted by atomic mass is 10.0. The lowest BCUT2D eigenvalue weighted by Gasteiger charge is -2.19. The second-order valence-electron chi connectivity index (χ2n) is 8.24. The number of nitrogens with two attached hydrogens (primary N) is 1. The van der Waals surface area contributed by atoms with E-state index in [4.69, 9.17) is 10.6 Å². The zero-order chi connectivity index (χ0) is 21.5. The van der Waals surface area contributed by atoms with E-state index >= 15 is 0 Å². The number of carbonyl (C=O) groups is 1. The van der Waals surface area contributed by atoms with E-state index in [1.54, 1.807) is 0 Å². The molecule has 2 aromatic rings. The largest absolute Gasteiger partial charge is 0.486 e. The Balaban J connectivity index is 1.51. The molecular weight excluding hydrogens is 398 g/mol. The van der Waals surface area contributed by atoms with Crippen molar-refractivity contribution in [2.75, 3.05) is 5.84 Å². The molecule has 0 radical (unpaired) electrons. The van der Waals surface area contributed by atoms with Gasteiger partial charge in [-0.15, -0.1) is 10.2 Å². The van der Waals surface area contributed by atoms with Gasteiger partial charge in [-0.3, -0.25) is 4.79 Å². The number of carbonyl (C=O) groups excluding carboxylic acids is 1. The summed E-state index contributed by atoms with van der Waals surface area (Å²) in [7, 11) is 0. The van der Waals surface area contributed by atoms with Gasteiger partial charge in [0, 0.05) is 6.04 Å². The van der Waals surface area contributed by atoms with Crippen LogP contribution in [0.5, 0.6) is 5.75 Å². The van der Waals surface area contributed by atoms with Gasteiger partial charge in [0.15, 0.2) is 5.82 Å². The second kappa shape index (κ2) is 10.7. The van der Waals surface area contributed by atoms with Crippen LogP contribution in [-0.2, 0) is 11.4 Å². The first-order chi connectivity index (χ1) is 14.4. The van der Waals surface area contributed by atoms with Gasteiger partial charge in [0.1, 0.15) is 12.4 Å². The van der Waals surface area contributed by atoms with E-state index in [0.717, 1.165) is 18.6 Å². The van der Waals surface area contributed by atoms with Crippen molar-refractivity contribution < 1.29 is 9.53 Å². The molecule has 1 saturated carbocycles. The minimum Gasteiger partial charge on any atom is -0.486 e. The molecule has 7 nitrogen and oxygen atoms in total. The van der Waals surface area contributed by atoms with E-state index in [-0.39, 0.29) is 23.8 Å². The Morgan fingerprint density at radius 2 is 1.83 bits per heavy atom. The van der Waals surface area contributed by atoms with Gasteiger partial charge in [-0.05, 0) is 43.4 Å². The molecule has 164 valence electrons. The van der Waals surface area contributed by atoms with Crippen LogP contribution in [0, 0.1) is 0 Å². The summed E-state index contributed by atoms with van der Waals surface area (Å²) in [6, 6.07) is 8.29. The highest BCUT2D eigenvalue weighted by atomic mass is 32.2. The van der Waals surface area contributed by atoms with Crippen LogP contribution in [0.4, 0.5) is 0 Å². The number of benzene rings is 1.